The summed E-state index contributed by atoms with van der Waals surface area (Å²) in [5.74, 6) is 1.78. The lowest BCUT2D eigenvalue weighted by Crippen LogP contribution is -2.01. The fourth-order valence-corrected chi connectivity index (χ4v) is 11.3. The van der Waals surface area contributed by atoms with Gasteiger partial charge in [-0.05, 0) is 88.6 Å². The van der Waals surface area contributed by atoms with E-state index in [-0.39, 0.29) is 0 Å². The number of hydrogen-bond donors (Lipinski definition) is 0. The van der Waals surface area contributed by atoms with Crippen molar-refractivity contribution < 1.29 is 0 Å². The Balaban J connectivity index is 0.995. The van der Waals surface area contributed by atoms with Gasteiger partial charge in [-0.3, -0.25) is 0 Å². The van der Waals surface area contributed by atoms with Crippen LogP contribution in [0.2, 0.25) is 0 Å². The van der Waals surface area contributed by atoms with Crippen LogP contribution in [0, 0.1) is 0 Å². The predicted octanol–water partition coefficient (Wildman–Crippen LogP) is 16.5. The SMILES string of the molecule is c1ccc(-c2nc3cc(-c4nc(-c5cccc(-c6ccc7ccccc7c6)c5)nc(-c5ccc6c(c5)c5ccccc5n6-c5ccccc5)n4)ccc3c3c2ccc2sc4ccccc4c23)cc1. The summed E-state index contributed by atoms with van der Waals surface area (Å²) in [5.41, 5.74) is 11.2. The standard InChI is InChI=1S/C62H37N5S/c1-3-15-39(16-4-1)59-50-31-33-56-58(49-23-10-12-25-55(49)68-56)57(50)48-30-28-45(37-52(48)63-59)62-65-60(43-19-13-18-41(35-43)42-27-26-38-14-7-8-17-40(38)34-42)64-61(66-62)44-29-32-54-51(36-44)47-22-9-11-24-53(47)67(54)46-20-5-2-6-21-46/h1-37H. The topological polar surface area (TPSA) is 56.5 Å². The molecule has 0 bridgehead atoms. The normalized spacial score (nSPS) is 11.8. The van der Waals surface area contributed by atoms with Gasteiger partial charge in [0.15, 0.2) is 17.5 Å². The average Bonchev–Trinajstić information content (AvgIpc) is 3.96. The van der Waals surface area contributed by atoms with Crippen LogP contribution in [0.15, 0.2) is 224 Å². The highest BCUT2D eigenvalue weighted by Gasteiger charge is 2.20. The molecule has 4 aromatic heterocycles. The van der Waals surface area contributed by atoms with Crippen LogP contribution in [0.25, 0.3) is 137 Å². The number of benzene rings is 10. The highest BCUT2D eigenvalue weighted by molar-refractivity contribution is 7.26. The minimum Gasteiger partial charge on any atom is -0.309 e. The number of aromatic nitrogens is 5. The summed E-state index contributed by atoms with van der Waals surface area (Å²) in [5, 5.41) is 10.7. The van der Waals surface area contributed by atoms with Gasteiger partial charge in [0.05, 0.1) is 22.2 Å². The van der Waals surface area contributed by atoms with Gasteiger partial charge >= 0.3 is 0 Å². The van der Waals surface area contributed by atoms with Gasteiger partial charge in [0.2, 0.25) is 0 Å². The molecule has 0 unspecified atom stereocenters. The number of nitrogens with zero attached hydrogens (tertiary/aromatic N) is 5. The van der Waals surface area contributed by atoms with Crippen molar-refractivity contribution in [3.8, 4) is 62.2 Å². The van der Waals surface area contributed by atoms with E-state index in [2.05, 4.69) is 229 Å². The van der Waals surface area contributed by atoms with E-state index in [0.29, 0.717) is 17.5 Å². The minimum absolute atomic E-state index is 0.581. The zero-order chi connectivity index (χ0) is 44.7. The van der Waals surface area contributed by atoms with Gasteiger partial charge < -0.3 is 4.57 Å². The molecule has 0 saturated heterocycles. The van der Waals surface area contributed by atoms with Crippen molar-refractivity contribution in [1.29, 1.82) is 0 Å². The first-order chi connectivity index (χ1) is 33.7. The quantitative estimate of drug-likeness (QED) is 0.156. The van der Waals surface area contributed by atoms with Crippen LogP contribution in [0.1, 0.15) is 0 Å². The number of pyridine rings is 1. The molecule has 14 aromatic rings. The lowest BCUT2D eigenvalue weighted by molar-refractivity contribution is 1.07. The Morgan fingerprint density at radius 2 is 0.912 bits per heavy atom. The van der Waals surface area contributed by atoms with Crippen molar-refractivity contribution >= 4 is 85.8 Å². The molecule has 0 fully saturated rings. The van der Waals surface area contributed by atoms with E-state index < -0.39 is 0 Å². The molecule has 68 heavy (non-hydrogen) atoms. The second kappa shape index (κ2) is 15.4. The van der Waals surface area contributed by atoms with Crippen molar-refractivity contribution in [2.45, 2.75) is 0 Å². The second-order valence-electron chi connectivity index (χ2n) is 17.4. The maximum absolute atomic E-state index is 5.48. The predicted molar refractivity (Wildman–Crippen MR) is 285 cm³/mol. The van der Waals surface area contributed by atoms with E-state index >= 15 is 0 Å². The highest BCUT2D eigenvalue weighted by Crippen LogP contribution is 2.44. The van der Waals surface area contributed by atoms with Crippen LogP contribution in [0.4, 0.5) is 0 Å². The zero-order valence-corrected chi connectivity index (χ0v) is 37.3. The number of para-hydroxylation sites is 2. The third-order valence-electron chi connectivity index (χ3n) is 13.4. The van der Waals surface area contributed by atoms with E-state index in [0.717, 1.165) is 77.5 Å². The van der Waals surface area contributed by atoms with Crippen LogP contribution < -0.4 is 0 Å². The molecular weight excluding hydrogens is 847 g/mol. The van der Waals surface area contributed by atoms with E-state index in [1.54, 1.807) is 0 Å². The summed E-state index contributed by atoms with van der Waals surface area (Å²) < 4.78 is 4.87. The van der Waals surface area contributed by atoms with Crippen LogP contribution in [0.3, 0.4) is 0 Å². The molecule has 0 spiro atoms. The van der Waals surface area contributed by atoms with E-state index in [1.165, 1.54) is 41.7 Å². The number of rotatable bonds is 6. The molecule has 0 amide bonds. The largest absolute Gasteiger partial charge is 0.309 e. The Morgan fingerprint density at radius 3 is 1.75 bits per heavy atom. The lowest BCUT2D eigenvalue weighted by atomic mass is 9.95. The van der Waals surface area contributed by atoms with Gasteiger partial charge in [0.1, 0.15) is 0 Å². The lowest BCUT2D eigenvalue weighted by Gasteiger charge is -2.13. The van der Waals surface area contributed by atoms with Crippen LogP contribution in [0.5, 0.6) is 0 Å². The van der Waals surface area contributed by atoms with Gasteiger partial charge in [-0.25, -0.2) is 19.9 Å². The molecule has 0 aliphatic heterocycles. The van der Waals surface area contributed by atoms with Crippen molar-refractivity contribution in [3.05, 3.63) is 224 Å². The van der Waals surface area contributed by atoms with Gasteiger partial charge in [-0.1, -0.05) is 158 Å². The summed E-state index contributed by atoms with van der Waals surface area (Å²) in [6, 6.07) is 79.7. The van der Waals surface area contributed by atoms with Crippen LogP contribution in [-0.2, 0) is 0 Å². The monoisotopic (exact) mass is 883 g/mol. The Hall–Kier alpha value is -8.84. The zero-order valence-electron chi connectivity index (χ0n) is 36.5. The Kier molecular flexibility index (Phi) is 8.69. The van der Waals surface area contributed by atoms with E-state index in [1.807, 2.05) is 11.3 Å². The molecule has 316 valence electrons. The molecule has 4 heterocycles. The Bertz CT molecular complexity index is 4330. The molecule has 0 aliphatic rings. The highest BCUT2D eigenvalue weighted by atomic mass is 32.1. The molecule has 0 aliphatic carbocycles. The molecule has 0 atom stereocenters. The van der Waals surface area contributed by atoms with E-state index in [4.69, 9.17) is 19.9 Å². The van der Waals surface area contributed by atoms with Gasteiger partial charge in [0, 0.05) is 75.0 Å². The average molecular weight is 884 g/mol. The summed E-state index contributed by atoms with van der Waals surface area (Å²) in [6.07, 6.45) is 0. The maximum Gasteiger partial charge on any atom is 0.164 e. The molecule has 0 saturated carbocycles. The van der Waals surface area contributed by atoms with Crippen LogP contribution >= 0.6 is 11.3 Å². The molecular formula is C62H37N5S. The number of fused-ring (bicyclic) bond motifs is 11. The fourth-order valence-electron chi connectivity index (χ4n) is 10.2. The molecule has 0 N–H and O–H groups in total. The van der Waals surface area contributed by atoms with Gasteiger partial charge in [-0.15, -0.1) is 11.3 Å². The van der Waals surface area contributed by atoms with Crippen molar-refractivity contribution in [1.82, 2.24) is 24.5 Å². The first-order valence-corrected chi connectivity index (χ1v) is 23.7. The number of hydrogen-bond acceptors (Lipinski definition) is 5. The first kappa shape index (κ1) is 38.4. The molecule has 10 aromatic carbocycles. The van der Waals surface area contributed by atoms with Crippen molar-refractivity contribution in [3.63, 3.8) is 0 Å². The molecule has 5 nitrogen and oxygen atoms in total. The third kappa shape index (κ3) is 6.23. The minimum atomic E-state index is 0.581. The summed E-state index contributed by atoms with van der Waals surface area (Å²) in [4.78, 5) is 21.4. The molecule has 0 radical (unpaired) electrons. The van der Waals surface area contributed by atoms with Gasteiger partial charge in [0.25, 0.3) is 0 Å². The third-order valence-corrected chi connectivity index (χ3v) is 14.5. The maximum atomic E-state index is 5.48. The Morgan fingerprint density at radius 1 is 0.309 bits per heavy atom. The fraction of sp³-hybridized carbons (Fsp3) is 0. The summed E-state index contributed by atoms with van der Waals surface area (Å²) >= 11 is 1.84. The molecule has 14 rings (SSSR count). The number of thiophene rings is 1. The van der Waals surface area contributed by atoms with Crippen LogP contribution in [-0.4, -0.2) is 24.5 Å². The van der Waals surface area contributed by atoms with E-state index in [9.17, 15) is 0 Å². The second-order valence-corrected chi connectivity index (χ2v) is 18.5. The summed E-state index contributed by atoms with van der Waals surface area (Å²) in [7, 11) is 0. The van der Waals surface area contributed by atoms with Crippen molar-refractivity contribution in [2.24, 2.45) is 0 Å². The first-order valence-electron chi connectivity index (χ1n) is 22.9. The smallest absolute Gasteiger partial charge is 0.164 e. The van der Waals surface area contributed by atoms with Gasteiger partial charge in [-0.2, -0.15) is 0 Å². The van der Waals surface area contributed by atoms with Crippen molar-refractivity contribution in [2.75, 3.05) is 0 Å². The Labute approximate surface area is 394 Å². The summed E-state index contributed by atoms with van der Waals surface area (Å²) in [6.45, 7) is 0. The molecule has 6 heteroatoms.